The second-order valence-corrected chi connectivity index (χ2v) is 27.3. The molecule has 5 aliphatic rings. The second kappa shape index (κ2) is 17.1. The highest BCUT2D eigenvalue weighted by Gasteiger charge is 2.52. The molecule has 0 aromatic carbocycles. The Hall–Kier alpha value is -0.920. The van der Waals surface area contributed by atoms with Crippen molar-refractivity contribution in [2.75, 3.05) is 0 Å². The van der Waals surface area contributed by atoms with Gasteiger partial charge in [0.05, 0.1) is 0 Å². The maximum absolute atomic E-state index is 3.55. The van der Waals surface area contributed by atoms with E-state index in [1.165, 1.54) is 75.6 Å². The summed E-state index contributed by atoms with van der Waals surface area (Å²) in [7, 11) is 0. The molecule has 318 valence electrons. The van der Waals surface area contributed by atoms with E-state index >= 15 is 0 Å². The maximum atomic E-state index is 3.55. The van der Waals surface area contributed by atoms with Gasteiger partial charge in [-0.25, -0.2) is 0 Å². The number of hydrogen-bond donors (Lipinski definition) is 2. The van der Waals surface area contributed by atoms with Gasteiger partial charge in [0.1, 0.15) is 0 Å². The smallest absolute Gasteiger partial charge is 0.0307 e. The number of allylic oxidation sites excluding steroid dienone is 4. The number of fused-ring (bicyclic) bond motifs is 2. The molecular formula is C52H100N2. The van der Waals surface area contributed by atoms with Gasteiger partial charge in [0, 0.05) is 22.5 Å². The molecule has 5 rings (SSSR count). The van der Waals surface area contributed by atoms with Crippen LogP contribution in [-0.4, -0.2) is 11.1 Å². The van der Waals surface area contributed by atoms with Crippen molar-refractivity contribution in [2.24, 2.45) is 68.0 Å². The van der Waals surface area contributed by atoms with E-state index < -0.39 is 0 Å². The third-order valence-electron chi connectivity index (χ3n) is 13.8. The molecule has 0 aromatic rings. The molecule has 0 aromatic heterocycles. The van der Waals surface area contributed by atoms with Crippen LogP contribution in [0.15, 0.2) is 22.5 Å². The van der Waals surface area contributed by atoms with E-state index in [0.717, 1.165) is 35.5 Å². The maximum Gasteiger partial charge on any atom is 0.0307 e. The predicted molar refractivity (Wildman–Crippen MR) is 244 cm³/mol. The van der Waals surface area contributed by atoms with Crippen molar-refractivity contribution in [1.29, 1.82) is 0 Å². The van der Waals surface area contributed by atoms with Crippen LogP contribution in [0.1, 0.15) is 230 Å². The minimum absolute atomic E-state index is 0.181. The normalized spacial score (nSPS) is 27.9. The van der Waals surface area contributed by atoms with Crippen molar-refractivity contribution in [1.82, 2.24) is 10.6 Å². The van der Waals surface area contributed by atoms with Gasteiger partial charge in [-0.15, -0.1) is 0 Å². The zero-order valence-electron chi connectivity index (χ0n) is 41.5. The zero-order chi connectivity index (χ0) is 42.3. The molecule has 0 aliphatic heterocycles. The summed E-state index contributed by atoms with van der Waals surface area (Å²) < 4.78 is 0. The van der Waals surface area contributed by atoms with E-state index in [9.17, 15) is 0 Å². The lowest BCUT2D eigenvalue weighted by Gasteiger charge is -2.41. The van der Waals surface area contributed by atoms with Gasteiger partial charge >= 0.3 is 0 Å². The Balaban J connectivity index is 0.000000250. The fourth-order valence-corrected chi connectivity index (χ4v) is 10.5. The van der Waals surface area contributed by atoms with Crippen molar-refractivity contribution in [2.45, 2.75) is 241 Å². The van der Waals surface area contributed by atoms with Gasteiger partial charge in [-0.05, 0) is 174 Å². The van der Waals surface area contributed by atoms with E-state index in [4.69, 9.17) is 0 Å². The van der Waals surface area contributed by atoms with E-state index in [2.05, 4.69) is 177 Å². The summed E-state index contributed by atoms with van der Waals surface area (Å²) >= 11 is 0. The van der Waals surface area contributed by atoms with Crippen molar-refractivity contribution in [3.05, 3.63) is 22.5 Å². The van der Waals surface area contributed by atoms with Gasteiger partial charge in [-0.2, -0.15) is 0 Å². The van der Waals surface area contributed by atoms with Crippen LogP contribution in [0.25, 0.3) is 0 Å². The average Bonchev–Trinajstić information content (AvgIpc) is 3.63. The summed E-state index contributed by atoms with van der Waals surface area (Å²) in [6.07, 6.45) is 13.9. The minimum Gasteiger partial charge on any atom is -0.382 e. The minimum atomic E-state index is 0.181. The highest BCUT2D eigenvalue weighted by atomic mass is 15.0. The Bertz CT molecular complexity index is 1150. The first-order valence-electron chi connectivity index (χ1n) is 22.8. The molecule has 0 amide bonds. The Morgan fingerprint density at radius 2 is 0.648 bits per heavy atom. The molecule has 3 saturated carbocycles. The van der Waals surface area contributed by atoms with E-state index in [1.807, 2.05) is 0 Å². The van der Waals surface area contributed by atoms with Crippen molar-refractivity contribution < 1.29 is 0 Å². The molecule has 2 N–H and O–H groups in total. The van der Waals surface area contributed by atoms with Crippen molar-refractivity contribution >= 4 is 0 Å². The number of rotatable bonds is 2. The molecule has 2 bridgehead atoms. The predicted octanol–water partition coefficient (Wildman–Crippen LogP) is 16.2. The summed E-state index contributed by atoms with van der Waals surface area (Å²) in [4.78, 5) is 0. The highest BCUT2D eigenvalue weighted by Crippen LogP contribution is 2.60. The van der Waals surface area contributed by atoms with Crippen LogP contribution >= 0.6 is 0 Å². The molecule has 0 radical (unpaired) electrons. The second-order valence-electron chi connectivity index (χ2n) is 27.3. The SMILES string of the molecule is CC(C)(C)C1=C(C(C)(C)C)CC1.CC(C)(C)C1CCC(C(C)(C)C)C1.CC(C)(C)C1C[C@H]2CC1CC2C(C)(C)C.CC(C)(C)NC1=C(NC(C)(C)C)CC1. The Morgan fingerprint density at radius 3 is 0.796 bits per heavy atom. The van der Waals surface area contributed by atoms with Gasteiger partial charge in [0.25, 0.3) is 0 Å². The molecular weight excluding hydrogens is 653 g/mol. The molecule has 0 saturated heterocycles. The summed E-state index contributed by atoms with van der Waals surface area (Å²) in [5.74, 6) is 5.99. The molecule has 2 nitrogen and oxygen atoms in total. The van der Waals surface area contributed by atoms with E-state index in [-0.39, 0.29) is 11.1 Å². The zero-order valence-corrected chi connectivity index (χ0v) is 41.5. The van der Waals surface area contributed by atoms with Crippen LogP contribution in [-0.2, 0) is 0 Å². The monoisotopic (exact) mass is 753 g/mol. The third-order valence-corrected chi connectivity index (χ3v) is 13.8. The first-order chi connectivity index (χ1) is 23.8. The molecule has 3 fully saturated rings. The molecule has 5 unspecified atom stereocenters. The Labute approximate surface area is 341 Å². The standard InChI is InChI=1S/C15H28.C13H26.C12H24N2.C12H22/c1-14(2,3)12-8-11-7-10(12)9-13(11)15(4,5)6;1-12(2,3)10-7-8-11(9-10)13(4,5)6;1-11(2,3)13-9-7-8-10(9)14-12(4,5)6;1-11(2,3)9-7-8-10(9)12(4,5)6/h10-13H,7-9H2,1-6H3;10-11H,7-9H2,1-6H3;13-14H,7-8H2,1-6H3;7-8H2,1-6H3/t10-,11?,12?,13?;;;/m1.../s1. The van der Waals surface area contributed by atoms with E-state index in [1.54, 1.807) is 11.1 Å². The van der Waals surface area contributed by atoms with Gasteiger partial charge in [-0.3, -0.25) is 0 Å². The van der Waals surface area contributed by atoms with Crippen molar-refractivity contribution in [3.8, 4) is 0 Å². The van der Waals surface area contributed by atoms with Gasteiger partial charge in [-0.1, -0.05) is 136 Å². The van der Waals surface area contributed by atoms with Crippen LogP contribution in [0, 0.1) is 68.0 Å². The summed E-state index contributed by atoms with van der Waals surface area (Å²) in [5, 5.41) is 7.09. The lowest BCUT2D eigenvalue weighted by molar-refractivity contribution is 0.0859. The largest absolute Gasteiger partial charge is 0.382 e. The van der Waals surface area contributed by atoms with Gasteiger partial charge in [0.2, 0.25) is 0 Å². The summed E-state index contributed by atoms with van der Waals surface area (Å²) in [6, 6.07) is 0. The summed E-state index contributed by atoms with van der Waals surface area (Å²) in [6.45, 7) is 56.1. The fraction of sp³-hybridized carbons (Fsp3) is 0.923. The van der Waals surface area contributed by atoms with Crippen LogP contribution < -0.4 is 10.6 Å². The van der Waals surface area contributed by atoms with Gasteiger partial charge < -0.3 is 10.6 Å². The van der Waals surface area contributed by atoms with Crippen LogP contribution in [0.5, 0.6) is 0 Å². The Kier molecular flexibility index (Phi) is 15.6. The molecule has 6 atom stereocenters. The average molecular weight is 753 g/mol. The van der Waals surface area contributed by atoms with Crippen molar-refractivity contribution in [3.63, 3.8) is 0 Å². The van der Waals surface area contributed by atoms with Crippen LogP contribution in [0.2, 0.25) is 0 Å². The first-order valence-corrected chi connectivity index (χ1v) is 22.8. The lowest BCUT2D eigenvalue weighted by atomic mass is 9.64. The molecule has 0 heterocycles. The Morgan fingerprint density at radius 1 is 0.352 bits per heavy atom. The van der Waals surface area contributed by atoms with Crippen LogP contribution in [0.4, 0.5) is 0 Å². The van der Waals surface area contributed by atoms with Crippen LogP contribution in [0.3, 0.4) is 0 Å². The third kappa shape index (κ3) is 15.1. The quantitative estimate of drug-likeness (QED) is 0.275. The topological polar surface area (TPSA) is 24.1 Å². The summed E-state index contributed by atoms with van der Waals surface area (Å²) in [5.41, 5.74) is 9.51. The molecule has 0 spiro atoms. The lowest BCUT2D eigenvalue weighted by Crippen LogP contribution is -2.44. The number of hydrogen-bond acceptors (Lipinski definition) is 2. The highest BCUT2D eigenvalue weighted by molar-refractivity contribution is 5.33. The van der Waals surface area contributed by atoms with E-state index in [0.29, 0.717) is 32.5 Å². The molecule has 2 heteroatoms. The molecule has 54 heavy (non-hydrogen) atoms. The van der Waals surface area contributed by atoms with Gasteiger partial charge in [0.15, 0.2) is 0 Å². The first kappa shape index (κ1) is 49.2. The number of nitrogens with one attached hydrogen (secondary N) is 2. The fourth-order valence-electron chi connectivity index (χ4n) is 10.5. The molecule has 5 aliphatic carbocycles.